The second-order valence-electron chi connectivity index (χ2n) is 5.29. The first-order valence-corrected chi connectivity index (χ1v) is 8.78. The molecule has 0 aliphatic carbocycles. The third kappa shape index (κ3) is 3.90. The fraction of sp³-hybridized carbons (Fsp3) is 0.188. The summed E-state index contributed by atoms with van der Waals surface area (Å²) in [6.07, 6.45) is 0.278. The molecule has 0 radical (unpaired) electrons. The first-order valence-electron chi connectivity index (χ1n) is 7.00. The second-order valence-corrected chi connectivity index (χ2v) is 7.04. The molecular formula is C16H14ClNO4S. The number of carbonyl (C=O) groups excluding carboxylic acids is 1. The molecule has 3 rings (SSSR count). The number of hydrogen-bond donors (Lipinski definition) is 1. The van der Waals surface area contributed by atoms with E-state index in [4.69, 9.17) is 15.8 Å². The average molecular weight is 352 g/mol. The van der Waals surface area contributed by atoms with Gasteiger partial charge in [-0.1, -0.05) is 41.9 Å². The fourth-order valence-electron chi connectivity index (χ4n) is 2.51. The van der Waals surface area contributed by atoms with Crippen molar-refractivity contribution in [3.05, 3.63) is 64.7 Å². The number of para-hydroxylation sites is 1. The molecule has 120 valence electrons. The number of halogens is 1. The first-order chi connectivity index (χ1) is 10.9. The van der Waals surface area contributed by atoms with Gasteiger partial charge in [0.2, 0.25) is 0 Å². The number of nitrogens with one attached hydrogen (secondary N) is 1. The van der Waals surface area contributed by atoms with E-state index in [2.05, 4.69) is 4.72 Å². The standard InChI is InChI=1S/C16H14ClNO4S/c17-12-7-5-11(6-8-12)9-13(19)10-15-14-3-1-2-4-16(14)22-23(20,21)18-15/h1-8,15,18H,9-10H2/t15-/m0/s1. The van der Waals surface area contributed by atoms with Crippen LogP contribution in [0.5, 0.6) is 5.75 Å². The van der Waals surface area contributed by atoms with Crippen molar-refractivity contribution >= 4 is 27.7 Å². The monoisotopic (exact) mass is 351 g/mol. The van der Waals surface area contributed by atoms with E-state index in [0.717, 1.165) is 5.56 Å². The van der Waals surface area contributed by atoms with Crippen molar-refractivity contribution in [2.75, 3.05) is 0 Å². The topological polar surface area (TPSA) is 72.5 Å². The van der Waals surface area contributed by atoms with Gasteiger partial charge in [-0.3, -0.25) is 4.79 Å². The summed E-state index contributed by atoms with van der Waals surface area (Å²) in [7, 11) is -3.89. The fourth-order valence-corrected chi connectivity index (χ4v) is 3.63. The van der Waals surface area contributed by atoms with E-state index in [1.54, 1.807) is 48.5 Å². The SMILES string of the molecule is O=C(Cc1ccc(Cl)cc1)C[C@@H]1NS(=O)(=O)Oc2ccccc21. The average Bonchev–Trinajstić information content (AvgIpc) is 2.48. The molecule has 0 spiro atoms. The number of carbonyl (C=O) groups is 1. The summed E-state index contributed by atoms with van der Waals surface area (Å²) in [5, 5.41) is 0.604. The van der Waals surface area contributed by atoms with Crippen LogP contribution in [-0.4, -0.2) is 14.2 Å². The molecule has 0 saturated carbocycles. The van der Waals surface area contributed by atoms with E-state index in [9.17, 15) is 13.2 Å². The van der Waals surface area contributed by atoms with E-state index in [-0.39, 0.29) is 24.4 Å². The third-order valence-electron chi connectivity index (χ3n) is 3.53. The Bertz CT molecular complexity index is 833. The van der Waals surface area contributed by atoms with E-state index in [1.807, 2.05) is 0 Å². The van der Waals surface area contributed by atoms with Crippen LogP contribution in [0.25, 0.3) is 0 Å². The maximum atomic E-state index is 12.3. The zero-order chi connectivity index (χ0) is 16.4. The molecule has 0 saturated heterocycles. The zero-order valence-corrected chi connectivity index (χ0v) is 13.6. The van der Waals surface area contributed by atoms with Crippen LogP contribution in [0.4, 0.5) is 0 Å². The van der Waals surface area contributed by atoms with Gasteiger partial charge in [0, 0.05) is 23.4 Å². The van der Waals surface area contributed by atoms with Crippen LogP contribution >= 0.6 is 11.6 Å². The van der Waals surface area contributed by atoms with Crippen LogP contribution in [0.2, 0.25) is 5.02 Å². The summed E-state index contributed by atoms with van der Waals surface area (Å²) in [4.78, 5) is 12.3. The molecule has 1 heterocycles. The number of rotatable bonds is 4. The Morgan fingerprint density at radius 1 is 1.13 bits per heavy atom. The van der Waals surface area contributed by atoms with E-state index in [1.165, 1.54) is 0 Å². The molecule has 0 amide bonds. The van der Waals surface area contributed by atoms with Gasteiger partial charge in [-0.05, 0) is 23.8 Å². The lowest BCUT2D eigenvalue weighted by Gasteiger charge is -2.25. The van der Waals surface area contributed by atoms with Gasteiger partial charge in [0.1, 0.15) is 11.5 Å². The van der Waals surface area contributed by atoms with Crippen LogP contribution in [-0.2, 0) is 21.5 Å². The lowest BCUT2D eigenvalue weighted by molar-refractivity contribution is -0.118. The quantitative estimate of drug-likeness (QED) is 0.919. The van der Waals surface area contributed by atoms with Gasteiger partial charge in [0.15, 0.2) is 0 Å². The van der Waals surface area contributed by atoms with Crippen LogP contribution in [0.3, 0.4) is 0 Å². The van der Waals surface area contributed by atoms with Gasteiger partial charge in [-0.2, -0.15) is 13.1 Å². The normalized spacial score (nSPS) is 18.7. The zero-order valence-electron chi connectivity index (χ0n) is 12.0. The van der Waals surface area contributed by atoms with Gasteiger partial charge < -0.3 is 4.18 Å². The lowest BCUT2D eigenvalue weighted by atomic mass is 9.98. The molecule has 23 heavy (non-hydrogen) atoms. The Morgan fingerprint density at radius 3 is 2.57 bits per heavy atom. The number of hydrogen-bond acceptors (Lipinski definition) is 4. The Kier molecular flexibility index (Phi) is 4.39. The van der Waals surface area contributed by atoms with E-state index < -0.39 is 16.3 Å². The summed E-state index contributed by atoms with van der Waals surface area (Å²) in [6.45, 7) is 0. The van der Waals surface area contributed by atoms with E-state index >= 15 is 0 Å². The van der Waals surface area contributed by atoms with Gasteiger partial charge in [-0.15, -0.1) is 0 Å². The van der Waals surface area contributed by atoms with Crippen LogP contribution in [0.1, 0.15) is 23.6 Å². The minimum Gasteiger partial charge on any atom is -0.371 e. The van der Waals surface area contributed by atoms with Gasteiger partial charge in [-0.25, -0.2) is 0 Å². The molecule has 0 bridgehead atoms. The summed E-state index contributed by atoms with van der Waals surface area (Å²) in [5.74, 6) is 0.187. The van der Waals surface area contributed by atoms with Crippen LogP contribution < -0.4 is 8.91 Å². The molecule has 2 aromatic carbocycles. The molecule has 2 aromatic rings. The number of Topliss-reactive ketones (excluding diaryl/α,β-unsaturated/α-hetero) is 1. The van der Waals surface area contributed by atoms with Gasteiger partial charge in [0.05, 0.1) is 6.04 Å². The highest BCUT2D eigenvalue weighted by atomic mass is 35.5. The lowest BCUT2D eigenvalue weighted by Crippen LogP contribution is -2.37. The minimum absolute atomic E-state index is 0.0578. The van der Waals surface area contributed by atoms with Crippen molar-refractivity contribution < 1.29 is 17.4 Å². The second kappa shape index (κ2) is 6.31. The molecular weight excluding hydrogens is 338 g/mol. The van der Waals surface area contributed by atoms with Crippen molar-refractivity contribution in [1.29, 1.82) is 0 Å². The maximum absolute atomic E-state index is 12.3. The summed E-state index contributed by atoms with van der Waals surface area (Å²) >= 11 is 5.82. The Hall–Kier alpha value is -1.89. The number of fused-ring (bicyclic) bond motifs is 1. The van der Waals surface area contributed by atoms with Crippen molar-refractivity contribution in [3.8, 4) is 5.75 Å². The Labute approximate surface area is 139 Å². The molecule has 1 aliphatic rings. The molecule has 1 atom stereocenters. The largest absolute Gasteiger partial charge is 0.383 e. The van der Waals surface area contributed by atoms with Crippen LogP contribution in [0, 0.1) is 0 Å². The third-order valence-corrected chi connectivity index (χ3v) is 4.75. The maximum Gasteiger partial charge on any atom is 0.383 e. The highest BCUT2D eigenvalue weighted by Gasteiger charge is 2.31. The predicted molar refractivity (Wildman–Crippen MR) is 86.6 cm³/mol. The Morgan fingerprint density at radius 2 is 1.83 bits per heavy atom. The van der Waals surface area contributed by atoms with Crippen molar-refractivity contribution in [2.24, 2.45) is 0 Å². The molecule has 1 N–H and O–H groups in total. The first kappa shape index (κ1) is 16.0. The molecule has 1 aliphatic heterocycles. The molecule has 5 nitrogen and oxygen atoms in total. The summed E-state index contributed by atoms with van der Waals surface area (Å²) in [5.41, 5.74) is 1.49. The predicted octanol–water partition coefficient (Wildman–Crippen LogP) is 2.81. The summed E-state index contributed by atoms with van der Waals surface area (Å²) < 4.78 is 30.8. The van der Waals surface area contributed by atoms with Gasteiger partial charge >= 0.3 is 10.3 Å². The molecule has 7 heteroatoms. The van der Waals surface area contributed by atoms with Crippen molar-refractivity contribution in [2.45, 2.75) is 18.9 Å². The van der Waals surface area contributed by atoms with Crippen molar-refractivity contribution in [1.82, 2.24) is 4.72 Å². The highest BCUT2D eigenvalue weighted by Crippen LogP contribution is 2.33. The number of ketones is 1. The van der Waals surface area contributed by atoms with Gasteiger partial charge in [0.25, 0.3) is 0 Å². The molecule has 0 unspecified atom stereocenters. The van der Waals surface area contributed by atoms with Crippen LogP contribution in [0.15, 0.2) is 48.5 Å². The van der Waals surface area contributed by atoms with E-state index in [0.29, 0.717) is 10.6 Å². The Balaban J connectivity index is 1.76. The highest BCUT2D eigenvalue weighted by molar-refractivity contribution is 7.85. The minimum atomic E-state index is -3.89. The number of benzene rings is 2. The van der Waals surface area contributed by atoms with Crippen molar-refractivity contribution in [3.63, 3.8) is 0 Å². The summed E-state index contributed by atoms with van der Waals surface area (Å²) in [6, 6.07) is 13.2. The molecule has 0 fully saturated rings. The smallest absolute Gasteiger partial charge is 0.371 e. The molecule has 0 aromatic heterocycles.